The molecule has 0 aliphatic carbocycles. The van der Waals surface area contributed by atoms with E-state index in [1.54, 1.807) is 19.5 Å². The van der Waals surface area contributed by atoms with E-state index in [1.165, 1.54) is 12.4 Å². The lowest BCUT2D eigenvalue weighted by atomic mass is 9.82. The van der Waals surface area contributed by atoms with Crippen molar-refractivity contribution in [3.8, 4) is 17.2 Å². The van der Waals surface area contributed by atoms with Crippen molar-refractivity contribution < 1.29 is 23.8 Å². The molecular weight excluding hydrogens is 652 g/mol. The monoisotopic (exact) mass is 696 g/mol. The summed E-state index contributed by atoms with van der Waals surface area (Å²) in [5.74, 6) is 3.40. The highest BCUT2D eigenvalue weighted by molar-refractivity contribution is 6.03. The molecule has 1 saturated heterocycles. The zero-order valence-corrected chi connectivity index (χ0v) is 29.1. The molecule has 5 aromatic rings. The molecule has 3 atom stereocenters. The largest absolute Gasteiger partial charge is 0.497 e. The van der Waals surface area contributed by atoms with Crippen molar-refractivity contribution >= 4 is 11.7 Å². The van der Waals surface area contributed by atoms with Gasteiger partial charge < -0.3 is 29.1 Å². The number of hydrogen-bond donors (Lipinski definition) is 3. The fourth-order valence-electron chi connectivity index (χ4n) is 6.64. The summed E-state index contributed by atoms with van der Waals surface area (Å²) in [5.41, 5.74) is 2.19. The van der Waals surface area contributed by atoms with Crippen LogP contribution in [0, 0.1) is 0 Å². The van der Waals surface area contributed by atoms with Crippen molar-refractivity contribution in [1.29, 1.82) is 0 Å². The van der Waals surface area contributed by atoms with Gasteiger partial charge in [0, 0.05) is 62.3 Å². The van der Waals surface area contributed by atoms with Gasteiger partial charge in [-0.05, 0) is 58.7 Å². The lowest BCUT2D eigenvalue weighted by molar-refractivity contribution is -0.132. The van der Waals surface area contributed by atoms with Gasteiger partial charge in [0.05, 0.1) is 13.7 Å². The molecule has 2 aromatic carbocycles. The second-order valence-corrected chi connectivity index (χ2v) is 12.5. The molecule has 5 heterocycles. The van der Waals surface area contributed by atoms with Crippen LogP contribution in [0.15, 0.2) is 67.3 Å². The number of ketones is 1. The van der Waals surface area contributed by atoms with Crippen LogP contribution in [-0.2, 0) is 4.79 Å². The van der Waals surface area contributed by atoms with Crippen LogP contribution < -0.4 is 14.2 Å². The summed E-state index contributed by atoms with van der Waals surface area (Å²) >= 11 is 0. The average Bonchev–Trinajstić information content (AvgIpc) is 4.01. The first-order chi connectivity index (χ1) is 25.0. The van der Waals surface area contributed by atoms with Crippen LogP contribution in [0.3, 0.4) is 0 Å². The Morgan fingerprint density at radius 2 is 1.59 bits per heavy atom. The predicted molar refractivity (Wildman–Crippen MR) is 187 cm³/mol. The average molecular weight is 697 g/mol. The van der Waals surface area contributed by atoms with E-state index in [9.17, 15) is 9.59 Å². The number of fused-ring (bicyclic) bond motifs is 1. The summed E-state index contributed by atoms with van der Waals surface area (Å²) in [4.78, 5) is 42.5. The van der Waals surface area contributed by atoms with E-state index in [1.807, 2.05) is 23.1 Å². The van der Waals surface area contributed by atoms with Crippen LogP contribution in [-0.4, -0.2) is 102 Å². The van der Waals surface area contributed by atoms with Crippen molar-refractivity contribution in [2.24, 2.45) is 0 Å². The molecule has 2 aliphatic rings. The number of H-pyrrole nitrogens is 3. The number of aromatic amines is 3. The molecule has 3 aromatic heterocycles. The van der Waals surface area contributed by atoms with Crippen LogP contribution in [0.25, 0.3) is 0 Å². The minimum atomic E-state index is -0.231. The lowest BCUT2D eigenvalue weighted by Gasteiger charge is -2.30. The molecule has 2 aliphatic heterocycles. The van der Waals surface area contributed by atoms with Gasteiger partial charge in [-0.15, -0.1) is 5.10 Å². The van der Waals surface area contributed by atoms with Crippen LogP contribution in [0.2, 0.25) is 0 Å². The smallest absolute Gasteiger partial charge is 0.263 e. The Kier molecular flexibility index (Phi) is 11.7. The van der Waals surface area contributed by atoms with Gasteiger partial charge in [-0.2, -0.15) is 0 Å². The Morgan fingerprint density at radius 1 is 0.922 bits per heavy atom. The van der Waals surface area contributed by atoms with Crippen molar-refractivity contribution in [1.82, 2.24) is 50.4 Å². The van der Waals surface area contributed by atoms with Crippen molar-refractivity contribution in [3.63, 3.8) is 0 Å². The molecule has 3 unspecified atom stereocenters. The number of imidazole rings is 2. The van der Waals surface area contributed by atoms with E-state index < -0.39 is 0 Å². The Balaban J connectivity index is 0.000000313. The number of nitrogens with one attached hydrogen (secondary N) is 3. The predicted octanol–water partition coefficient (Wildman–Crippen LogP) is 4.65. The Bertz CT molecular complexity index is 1770. The molecule has 3 N–H and O–H groups in total. The molecule has 1 amide bonds. The molecule has 0 radical (unpaired) electrons. The standard InChI is InChI=1S/C29H38N6O4.C7H6N4O/c1-4-6-14-34(15-7-5-2)26(36)18-35-17-23(21-10-13-24-25(16-21)39-19-38-24)27(29-30-32-33-31-29)28(35)20-8-11-22(37-3)12-9-20;12-5(6-8-1-2-9-6)7-10-3-4-11-7/h8-13,16,23,27-28H,4-7,14-15,17-19H2,1-3H3,(H,30,31,32,33);1-4H,(H,8,9)(H,10,11). The normalized spacial score (nSPS) is 17.9. The molecule has 0 spiro atoms. The van der Waals surface area contributed by atoms with Gasteiger partial charge in [0.15, 0.2) is 29.0 Å². The first-order valence-corrected chi connectivity index (χ1v) is 17.3. The van der Waals surface area contributed by atoms with E-state index >= 15 is 0 Å². The second kappa shape index (κ2) is 16.9. The number of aromatic nitrogens is 8. The summed E-state index contributed by atoms with van der Waals surface area (Å²) < 4.78 is 16.7. The van der Waals surface area contributed by atoms with Gasteiger partial charge in [-0.1, -0.05) is 44.9 Å². The lowest BCUT2D eigenvalue weighted by Crippen LogP contribution is -2.41. The highest BCUT2D eigenvalue weighted by atomic mass is 16.7. The zero-order chi connectivity index (χ0) is 35.6. The minimum absolute atomic E-state index is 0.0221. The van der Waals surface area contributed by atoms with E-state index in [0.717, 1.165) is 67.1 Å². The number of carbonyl (C=O) groups excluding carboxylic acids is 2. The third kappa shape index (κ3) is 8.26. The number of benzene rings is 2. The minimum Gasteiger partial charge on any atom is -0.497 e. The summed E-state index contributed by atoms with van der Waals surface area (Å²) in [7, 11) is 1.66. The summed E-state index contributed by atoms with van der Waals surface area (Å²) in [5, 5.41) is 15.2. The molecule has 15 heteroatoms. The highest BCUT2D eigenvalue weighted by Crippen LogP contribution is 2.51. The quantitative estimate of drug-likeness (QED) is 0.138. The fourth-order valence-corrected chi connectivity index (χ4v) is 6.64. The number of methoxy groups -OCH3 is 1. The number of unbranched alkanes of at least 4 members (excludes halogenated alkanes) is 2. The van der Waals surface area contributed by atoms with Crippen LogP contribution in [0.4, 0.5) is 0 Å². The van der Waals surface area contributed by atoms with Gasteiger partial charge in [-0.3, -0.25) is 14.5 Å². The van der Waals surface area contributed by atoms with E-state index in [-0.39, 0.29) is 36.4 Å². The number of tetrazole rings is 1. The number of ether oxygens (including phenoxy) is 3. The summed E-state index contributed by atoms with van der Waals surface area (Å²) in [6.07, 6.45) is 10.4. The maximum Gasteiger partial charge on any atom is 0.263 e. The number of rotatable bonds is 14. The van der Waals surface area contributed by atoms with Crippen LogP contribution >= 0.6 is 0 Å². The zero-order valence-electron chi connectivity index (χ0n) is 29.1. The Morgan fingerprint density at radius 3 is 2.18 bits per heavy atom. The molecule has 15 nitrogen and oxygen atoms in total. The first-order valence-electron chi connectivity index (χ1n) is 17.3. The first kappa shape index (κ1) is 35.3. The van der Waals surface area contributed by atoms with E-state index in [2.05, 4.69) is 83.6 Å². The highest BCUT2D eigenvalue weighted by Gasteiger charge is 2.47. The third-order valence-electron chi connectivity index (χ3n) is 9.24. The number of likely N-dealkylation sites (tertiary alicyclic amines) is 1. The molecular formula is C36H44N10O5. The summed E-state index contributed by atoms with van der Waals surface area (Å²) in [6, 6.07) is 14.1. The van der Waals surface area contributed by atoms with Crippen LogP contribution in [0.5, 0.6) is 17.2 Å². The Labute approximate surface area is 296 Å². The molecule has 268 valence electrons. The van der Waals surface area contributed by atoms with Gasteiger partial charge >= 0.3 is 0 Å². The van der Waals surface area contributed by atoms with Gasteiger partial charge in [0.2, 0.25) is 12.7 Å². The fraction of sp³-hybridized carbons (Fsp3) is 0.417. The van der Waals surface area contributed by atoms with E-state index in [4.69, 9.17) is 14.2 Å². The van der Waals surface area contributed by atoms with Crippen molar-refractivity contribution in [2.75, 3.05) is 40.1 Å². The molecule has 7 rings (SSSR count). The number of amides is 1. The Hall–Kier alpha value is -5.57. The maximum absolute atomic E-state index is 13.8. The number of carbonyl (C=O) groups is 2. The van der Waals surface area contributed by atoms with Gasteiger partial charge in [-0.25, -0.2) is 15.1 Å². The molecule has 1 fully saturated rings. The van der Waals surface area contributed by atoms with Gasteiger partial charge in [0.1, 0.15) is 5.75 Å². The van der Waals surface area contributed by atoms with Crippen molar-refractivity contribution in [2.45, 2.75) is 57.4 Å². The number of nitrogens with zero attached hydrogens (tertiary/aromatic N) is 7. The third-order valence-corrected chi connectivity index (χ3v) is 9.24. The van der Waals surface area contributed by atoms with Crippen LogP contribution in [0.1, 0.15) is 90.8 Å². The molecule has 51 heavy (non-hydrogen) atoms. The topological polar surface area (TPSA) is 180 Å². The number of hydrogen-bond acceptors (Lipinski definition) is 11. The summed E-state index contributed by atoms with van der Waals surface area (Å²) in [6.45, 7) is 7.11. The molecule has 0 bridgehead atoms. The van der Waals surface area contributed by atoms with E-state index in [0.29, 0.717) is 30.6 Å². The SMILES string of the molecule is CCCCN(CCCC)C(=O)CN1CC(c2ccc3c(c2)OCO3)C(c2nnn[nH]2)C1c1ccc(OC)cc1.O=C(c1ncc[nH]1)c1ncc[nH]1. The second-order valence-electron chi connectivity index (χ2n) is 12.5. The molecule has 0 saturated carbocycles. The maximum atomic E-state index is 13.8. The van der Waals surface area contributed by atoms with Crippen molar-refractivity contribution in [3.05, 3.63) is 95.9 Å². The van der Waals surface area contributed by atoms with Gasteiger partial charge in [0.25, 0.3) is 5.78 Å².